The van der Waals surface area contributed by atoms with Crippen LogP contribution in [0.2, 0.25) is 10.0 Å². The van der Waals surface area contributed by atoms with Gasteiger partial charge in [0.2, 0.25) is 0 Å². The van der Waals surface area contributed by atoms with E-state index in [-0.39, 0.29) is 23.3 Å². The van der Waals surface area contributed by atoms with E-state index < -0.39 is 0 Å². The normalized spacial score (nSPS) is 10.8. The first kappa shape index (κ1) is 20.6. The van der Waals surface area contributed by atoms with Crippen LogP contribution < -0.4 is 5.01 Å². The maximum Gasteiger partial charge on any atom is 0.273 e. The molecule has 28 heavy (non-hydrogen) atoms. The predicted molar refractivity (Wildman–Crippen MR) is 116 cm³/mol. The first-order valence-electron chi connectivity index (χ1n) is 8.49. The summed E-state index contributed by atoms with van der Waals surface area (Å²) in [5.74, 6) is -0.514. The van der Waals surface area contributed by atoms with Gasteiger partial charge in [-0.2, -0.15) is 0 Å². The molecule has 1 aromatic heterocycles. The third kappa shape index (κ3) is 4.32. The molecule has 0 saturated heterocycles. The highest BCUT2D eigenvalue weighted by atomic mass is 79.9. The van der Waals surface area contributed by atoms with Gasteiger partial charge in [-0.1, -0.05) is 51.3 Å². The van der Waals surface area contributed by atoms with Crippen LogP contribution in [0.25, 0.3) is 0 Å². The van der Waals surface area contributed by atoms with Crippen LogP contribution in [0.15, 0.2) is 59.1 Å². The van der Waals surface area contributed by atoms with Crippen LogP contribution in [-0.2, 0) is 0 Å². The molecule has 7 heteroatoms. The fourth-order valence-corrected chi connectivity index (χ4v) is 3.48. The van der Waals surface area contributed by atoms with Crippen LogP contribution in [0.1, 0.15) is 32.1 Å². The molecule has 0 radical (unpaired) electrons. The average molecular weight is 480 g/mol. The molecule has 2 aromatic carbocycles. The molecular formula is C21H17BrCl2N2O2. The fourth-order valence-electron chi connectivity index (χ4n) is 2.92. The van der Waals surface area contributed by atoms with E-state index in [1.165, 1.54) is 11.1 Å². The number of aromatic nitrogens is 1. The molecule has 0 unspecified atom stereocenters. The molecule has 0 spiro atoms. The van der Waals surface area contributed by atoms with E-state index in [1.807, 2.05) is 26.0 Å². The maximum absolute atomic E-state index is 13.3. The monoisotopic (exact) mass is 478 g/mol. The summed E-state index contributed by atoms with van der Waals surface area (Å²) in [7, 11) is 0. The van der Waals surface area contributed by atoms with Crippen LogP contribution in [0.4, 0.5) is 0 Å². The van der Waals surface area contributed by atoms with Gasteiger partial charge in [0.05, 0.1) is 10.0 Å². The zero-order valence-corrected chi connectivity index (χ0v) is 18.3. The number of hydrogen-bond acceptors (Lipinski definition) is 2. The van der Waals surface area contributed by atoms with Crippen LogP contribution in [0.3, 0.4) is 0 Å². The lowest BCUT2D eigenvalue weighted by Crippen LogP contribution is -2.45. The Morgan fingerprint density at radius 3 is 2.04 bits per heavy atom. The van der Waals surface area contributed by atoms with Crippen LogP contribution in [-0.4, -0.2) is 22.9 Å². The third-order valence-electron chi connectivity index (χ3n) is 4.34. The highest BCUT2D eigenvalue weighted by molar-refractivity contribution is 9.10. The van der Waals surface area contributed by atoms with Crippen molar-refractivity contribution in [3.05, 3.63) is 91.6 Å². The van der Waals surface area contributed by atoms with Crippen molar-refractivity contribution >= 4 is 50.8 Å². The Balaban J connectivity index is 2.00. The minimum atomic E-state index is -0.341. The zero-order chi connectivity index (χ0) is 20.4. The number of rotatable bonds is 5. The molecule has 0 saturated carbocycles. The number of hydrogen-bond donors (Lipinski definition) is 0. The Kier molecular flexibility index (Phi) is 6.28. The Morgan fingerprint density at radius 1 is 0.893 bits per heavy atom. The quantitative estimate of drug-likeness (QED) is 0.431. The zero-order valence-electron chi connectivity index (χ0n) is 15.2. The molecule has 0 aliphatic carbocycles. The molecule has 1 amide bonds. The molecule has 3 rings (SSSR count). The van der Waals surface area contributed by atoms with Crippen molar-refractivity contribution in [2.45, 2.75) is 13.8 Å². The predicted octanol–water partition coefficient (Wildman–Crippen LogP) is 5.84. The summed E-state index contributed by atoms with van der Waals surface area (Å²) < 4.78 is 2.62. The van der Waals surface area contributed by atoms with Crippen molar-refractivity contribution in [3.8, 4) is 0 Å². The highest BCUT2D eigenvalue weighted by Gasteiger charge is 2.24. The second kappa shape index (κ2) is 8.52. The third-order valence-corrected chi connectivity index (χ3v) is 5.60. The smallest absolute Gasteiger partial charge is 0.273 e. The van der Waals surface area contributed by atoms with Gasteiger partial charge >= 0.3 is 0 Å². The van der Waals surface area contributed by atoms with Gasteiger partial charge in [-0.25, -0.2) is 5.01 Å². The summed E-state index contributed by atoms with van der Waals surface area (Å²) in [6.45, 7) is 3.65. The molecule has 3 aromatic rings. The van der Waals surface area contributed by atoms with Gasteiger partial charge in [0.1, 0.15) is 6.54 Å². The van der Waals surface area contributed by atoms with E-state index in [0.29, 0.717) is 16.1 Å². The minimum absolute atomic E-state index is 0.114. The van der Waals surface area contributed by atoms with Gasteiger partial charge in [-0.3, -0.25) is 14.3 Å². The molecule has 0 aliphatic heterocycles. The molecule has 0 fully saturated rings. The number of Topliss-reactive ketones (excluding diaryl/α,β-unsaturated/α-hetero) is 1. The summed E-state index contributed by atoms with van der Waals surface area (Å²) in [5, 5.41) is 2.07. The highest BCUT2D eigenvalue weighted by Crippen LogP contribution is 2.24. The molecule has 0 bridgehead atoms. The van der Waals surface area contributed by atoms with Crippen LogP contribution in [0.5, 0.6) is 0 Å². The van der Waals surface area contributed by atoms with Crippen LogP contribution in [0, 0.1) is 13.8 Å². The van der Waals surface area contributed by atoms with Crippen molar-refractivity contribution in [2.24, 2.45) is 0 Å². The van der Waals surface area contributed by atoms with Crippen molar-refractivity contribution in [2.75, 3.05) is 11.6 Å². The lowest BCUT2D eigenvalue weighted by atomic mass is 10.1. The number of carbonyl (C=O) groups is 2. The second-order valence-electron chi connectivity index (χ2n) is 6.35. The summed E-state index contributed by atoms with van der Waals surface area (Å²) in [5.41, 5.74) is 2.56. The Bertz CT molecular complexity index is 1030. The number of aryl methyl sites for hydroxylation is 2. The molecule has 1 heterocycles. The number of carbonyl (C=O) groups excluding carboxylic acids is 2. The molecule has 0 N–H and O–H groups in total. The number of ketones is 1. The summed E-state index contributed by atoms with van der Waals surface area (Å²) in [6, 6.07) is 15.5. The van der Waals surface area contributed by atoms with E-state index >= 15 is 0 Å². The Morgan fingerprint density at radius 2 is 1.46 bits per heavy atom. The molecular weight excluding hydrogens is 463 g/mol. The van der Waals surface area contributed by atoms with E-state index in [1.54, 1.807) is 41.1 Å². The summed E-state index contributed by atoms with van der Waals surface area (Å²) in [4.78, 5) is 26.1. The lowest BCUT2D eigenvalue weighted by molar-refractivity contribution is 0.0908. The molecule has 0 atom stereocenters. The minimum Gasteiger partial charge on any atom is -0.292 e. The average Bonchev–Trinajstić information content (AvgIpc) is 3.00. The maximum atomic E-state index is 13.3. The molecule has 4 nitrogen and oxygen atoms in total. The standard InChI is InChI=1S/C21H17BrCl2N2O2/c1-13-3-4-14(2)26(13)25(12-20(27)15-5-8-17(22)9-6-15)21(28)16-7-10-18(23)19(24)11-16/h3-11H,12H2,1-2H3. The van der Waals surface area contributed by atoms with Gasteiger partial charge < -0.3 is 0 Å². The Labute approximate surface area is 181 Å². The first-order chi connectivity index (χ1) is 13.3. The van der Waals surface area contributed by atoms with Crippen molar-refractivity contribution < 1.29 is 9.59 Å². The summed E-state index contributed by atoms with van der Waals surface area (Å²) >= 11 is 15.4. The first-order valence-corrected chi connectivity index (χ1v) is 10.0. The second-order valence-corrected chi connectivity index (χ2v) is 8.08. The van der Waals surface area contributed by atoms with E-state index in [4.69, 9.17) is 23.2 Å². The number of nitrogens with zero attached hydrogens (tertiary/aromatic N) is 2. The van der Waals surface area contributed by atoms with Gasteiger partial charge in [0.25, 0.3) is 5.91 Å². The van der Waals surface area contributed by atoms with Crippen molar-refractivity contribution in [1.82, 2.24) is 4.68 Å². The molecule has 0 aliphatic rings. The van der Waals surface area contributed by atoms with Gasteiger partial charge in [-0.15, -0.1) is 0 Å². The number of amides is 1. The molecule has 144 valence electrons. The van der Waals surface area contributed by atoms with Crippen molar-refractivity contribution in [1.29, 1.82) is 0 Å². The van der Waals surface area contributed by atoms with Gasteiger partial charge in [0, 0.05) is 27.0 Å². The number of halogens is 3. The van der Waals surface area contributed by atoms with Crippen molar-refractivity contribution in [3.63, 3.8) is 0 Å². The topological polar surface area (TPSA) is 42.3 Å². The van der Waals surface area contributed by atoms with Crippen LogP contribution >= 0.6 is 39.1 Å². The summed E-state index contributed by atoms with van der Waals surface area (Å²) in [6.07, 6.45) is 0. The van der Waals surface area contributed by atoms with Gasteiger partial charge in [-0.05, 0) is 56.3 Å². The number of benzene rings is 2. The lowest BCUT2D eigenvalue weighted by Gasteiger charge is -2.26. The fraction of sp³-hybridized carbons (Fsp3) is 0.143. The Hall–Kier alpha value is -2.08. The van der Waals surface area contributed by atoms with Gasteiger partial charge in [0.15, 0.2) is 5.78 Å². The van der Waals surface area contributed by atoms with E-state index in [2.05, 4.69) is 15.9 Å². The van der Waals surface area contributed by atoms with E-state index in [9.17, 15) is 9.59 Å². The SMILES string of the molecule is Cc1ccc(C)n1N(CC(=O)c1ccc(Br)cc1)C(=O)c1ccc(Cl)c(Cl)c1. The van der Waals surface area contributed by atoms with E-state index in [0.717, 1.165) is 15.9 Å². The largest absolute Gasteiger partial charge is 0.292 e.